The van der Waals surface area contributed by atoms with Crippen LogP contribution in [0.3, 0.4) is 0 Å². The van der Waals surface area contributed by atoms with Crippen LogP contribution in [0.1, 0.15) is 21.7 Å². The van der Waals surface area contributed by atoms with E-state index < -0.39 is 11.7 Å². The summed E-state index contributed by atoms with van der Waals surface area (Å²) in [4.78, 5) is 18.8. The molecule has 0 unspecified atom stereocenters. The van der Waals surface area contributed by atoms with E-state index in [2.05, 4.69) is 27.1 Å². The fraction of sp³-hybridized carbons (Fsp3) is 0.200. The molecule has 6 heteroatoms. The number of rotatable bonds is 4. The van der Waals surface area contributed by atoms with Gasteiger partial charge in [-0.25, -0.2) is 9.37 Å². The Hall–Kier alpha value is -2.65. The lowest BCUT2D eigenvalue weighted by Gasteiger charge is -2.05. The van der Waals surface area contributed by atoms with Gasteiger partial charge in [0.1, 0.15) is 11.6 Å². The first-order valence-corrected chi connectivity index (χ1v) is 6.45. The molecule has 0 radical (unpaired) electrons. The van der Waals surface area contributed by atoms with E-state index in [1.54, 1.807) is 18.5 Å². The van der Waals surface area contributed by atoms with Crippen molar-refractivity contribution in [3.63, 3.8) is 0 Å². The highest BCUT2D eigenvalue weighted by Gasteiger charge is 2.11. The van der Waals surface area contributed by atoms with Gasteiger partial charge in [-0.1, -0.05) is 11.8 Å². The lowest BCUT2D eigenvalue weighted by molar-refractivity contribution is 0.0950. The number of nitrogens with two attached hydrogens (primary N) is 1. The summed E-state index contributed by atoms with van der Waals surface area (Å²) >= 11 is 0. The highest BCUT2D eigenvalue weighted by atomic mass is 19.1. The highest BCUT2D eigenvalue weighted by Crippen LogP contribution is 2.09. The van der Waals surface area contributed by atoms with E-state index >= 15 is 0 Å². The lowest BCUT2D eigenvalue weighted by atomic mass is 10.1. The van der Waals surface area contributed by atoms with Crippen molar-refractivity contribution in [2.24, 2.45) is 5.73 Å². The van der Waals surface area contributed by atoms with Gasteiger partial charge < -0.3 is 16.0 Å². The van der Waals surface area contributed by atoms with Crippen molar-refractivity contribution in [1.82, 2.24) is 15.3 Å². The zero-order valence-corrected chi connectivity index (χ0v) is 11.3. The van der Waals surface area contributed by atoms with Crippen molar-refractivity contribution in [3.05, 3.63) is 53.4 Å². The molecule has 0 saturated carbocycles. The molecule has 4 N–H and O–H groups in total. The van der Waals surface area contributed by atoms with Crippen LogP contribution in [-0.2, 0) is 6.42 Å². The van der Waals surface area contributed by atoms with E-state index in [0.717, 1.165) is 5.82 Å². The minimum absolute atomic E-state index is 0.00672. The summed E-state index contributed by atoms with van der Waals surface area (Å²) in [6.07, 6.45) is 3.90. The average Bonchev–Trinajstić information content (AvgIpc) is 2.98. The molecule has 2 rings (SSSR count). The molecule has 5 nitrogen and oxygen atoms in total. The number of carbonyl (C=O) groups is 1. The number of halogens is 1. The summed E-state index contributed by atoms with van der Waals surface area (Å²) in [6.45, 7) is 0.581. The quantitative estimate of drug-likeness (QED) is 0.728. The van der Waals surface area contributed by atoms with Gasteiger partial charge in [0.2, 0.25) is 0 Å². The molecule has 0 bridgehead atoms. The van der Waals surface area contributed by atoms with Crippen LogP contribution in [0, 0.1) is 17.7 Å². The number of aromatic amines is 1. The fourth-order valence-corrected chi connectivity index (χ4v) is 1.75. The molecule has 1 heterocycles. The van der Waals surface area contributed by atoms with Crippen LogP contribution in [0.15, 0.2) is 30.6 Å². The maximum Gasteiger partial charge on any atom is 0.254 e. The Morgan fingerprint density at radius 2 is 2.33 bits per heavy atom. The Morgan fingerprint density at radius 1 is 1.48 bits per heavy atom. The predicted molar refractivity (Wildman–Crippen MR) is 77.0 cm³/mol. The second-order valence-electron chi connectivity index (χ2n) is 4.24. The number of aromatic nitrogens is 2. The zero-order chi connectivity index (χ0) is 15.1. The molecular formula is C15H15FN4O. The smallest absolute Gasteiger partial charge is 0.254 e. The van der Waals surface area contributed by atoms with Gasteiger partial charge in [0.15, 0.2) is 0 Å². The van der Waals surface area contributed by atoms with Gasteiger partial charge in [-0.05, 0) is 18.2 Å². The van der Waals surface area contributed by atoms with Gasteiger partial charge >= 0.3 is 0 Å². The molecule has 21 heavy (non-hydrogen) atoms. The van der Waals surface area contributed by atoms with Crippen LogP contribution in [0.4, 0.5) is 4.39 Å². The number of H-pyrrole nitrogens is 1. The first-order chi connectivity index (χ1) is 10.2. The van der Waals surface area contributed by atoms with E-state index in [1.807, 2.05) is 0 Å². The van der Waals surface area contributed by atoms with Crippen LogP contribution in [-0.4, -0.2) is 29.0 Å². The predicted octanol–water partition coefficient (Wildman–Crippen LogP) is 0.831. The van der Waals surface area contributed by atoms with E-state index in [4.69, 9.17) is 5.73 Å². The molecule has 1 aromatic heterocycles. The third kappa shape index (κ3) is 4.16. The van der Waals surface area contributed by atoms with Crippen molar-refractivity contribution < 1.29 is 9.18 Å². The summed E-state index contributed by atoms with van der Waals surface area (Å²) in [5.41, 5.74) is 5.73. The van der Waals surface area contributed by atoms with E-state index in [0.29, 0.717) is 18.5 Å². The number of hydrogen-bond acceptors (Lipinski definition) is 3. The molecule has 0 aliphatic carbocycles. The molecule has 108 valence electrons. The maximum absolute atomic E-state index is 13.9. The van der Waals surface area contributed by atoms with Crippen LogP contribution in [0.2, 0.25) is 0 Å². The number of hydrogen-bond donors (Lipinski definition) is 3. The molecule has 0 aliphatic rings. The third-order valence-electron chi connectivity index (χ3n) is 2.75. The molecule has 0 aliphatic heterocycles. The summed E-state index contributed by atoms with van der Waals surface area (Å²) in [6, 6.07) is 4.23. The largest absolute Gasteiger partial charge is 0.351 e. The number of amides is 1. The number of imidazole rings is 1. The van der Waals surface area contributed by atoms with Crippen LogP contribution in [0.25, 0.3) is 0 Å². The van der Waals surface area contributed by atoms with Crippen LogP contribution >= 0.6 is 0 Å². The summed E-state index contributed by atoms with van der Waals surface area (Å²) in [7, 11) is 0. The lowest BCUT2D eigenvalue weighted by Crippen LogP contribution is -2.26. The molecule has 0 fully saturated rings. The second kappa shape index (κ2) is 7.22. The third-order valence-corrected chi connectivity index (χ3v) is 2.75. The standard InChI is InChI=1S/C15H15FN4O/c16-13-10-11(2-1-6-17)3-4-12(13)15(21)20-7-5-14-18-8-9-19-14/h3-4,8-10H,5-7,17H2,(H,18,19)(H,20,21). The van der Waals surface area contributed by atoms with Crippen molar-refractivity contribution >= 4 is 5.91 Å². The number of nitrogens with one attached hydrogen (secondary N) is 2. The Morgan fingerprint density at radius 3 is 3.00 bits per heavy atom. The van der Waals surface area contributed by atoms with Crippen molar-refractivity contribution in [3.8, 4) is 11.8 Å². The first-order valence-electron chi connectivity index (χ1n) is 6.45. The SMILES string of the molecule is NCC#Cc1ccc(C(=O)NCCc2ncc[nH]2)c(F)c1. The summed E-state index contributed by atoms with van der Waals surface area (Å²) < 4.78 is 13.9. The normalized spacial score (nSPS) is 9.81. The Bertz CT molecular complexity index is 671. The van der Waals surface area contributed by atoms with Crippen LogP contribution in [0.5, 0.6) is 0 Å². The van der Waals surface area contributed by atoms with Gasteiger partial charge in [-0.15, -0.1) is 0 Å². The Balaban J connectivity index is 1.95. The topological polar surface area (TPSA) is 83.8 Å². The van der Waals surface area contributed by atoms with Gasteiger partial charge in [0, 0.05) is 30.9 Å². The fourth-order valence-electron chi connectivity index (χ4n) is 1.75. The van der Waals surface area contributed by atoms with Gasteiger partial charge in [0.25, 0.3) is 5.91 Å². The van der Waals surface area contributed by atoms with Gasteiger partial charge in [-0.2, -0.15) is 0 Å². The monoisotopic (exact) mass is 286 g/mol. The van der Waals surface area contributed by atoms with Crippen molar-refractivity contribution in [2.75, 3.05) is 13.1 Å². The Kier molecular flexibility index (Phi) is 5.07. The minimum atomic E-state index is -0.602. The first kappa shape index (κ1) is 14.8. The van der Waals surface area contributed by atoms with E-state index in [9.17, 15) is 9.18 Å². The maximum atomic E-state index is 13.9. The van der Waals surface area contributed by atoms with Crippen molar-refractivity contribution in [2.45, 2.75) is 6.42 Å². The number of benzene rings is 1. The number of nitrogens with zero attached hydrogens (tertiary/aromatic N) is 1. The summed E-state index contributed by atoms with van der Waals surface area (Å²) in [5, 5.41) is 2.65. The summed E-state index contributed by atoms with van der Waals surface area (Å²) in [5.74, 6) is 5.05. The van der Waals surface area contributed by atoms with Crippen LogP contribution < -0.4 is 11.1 Å². The molecule has 2 aromatic rings. The van der Waals surface area contributed by atoms with Crippen molar-refractivity contribution in [1.29, 1.82) is 0 Å². The van der Waals surface area contributed by atoms with Gasteiger partial charge in [-0.3, -0.25) is 4.79 Å². The molecule has 0 atom stereocenters. The van der Waals surface area contributed by atoms with E-state index in [1.165, 1.54) is 12.1 Å². The Labute approximate surface area is 121 Å². The average molecular weight is 286 g/mol. The zero-order valence-electron chi connectivity index (χ0n) is 11.3. The molecule has 0 spiro atoms. The molecule has 0 saturated heterocycles. The van der Waals surface area contributed by atoms with E-state index in [-0.39, 0.29) is 12.1 Å². The molecular weight excluding hydrogens is 271 g/mol. The number of carbonyl (C=O) groups excluding carboxylic acids is 1. The molecule has 1 amide bonds. The minimum Gasteiger partial charge on any atom is -0.351 e. The molecule has 1 aromatic carbocycles. The highest BCUT2D eigenvalue weighted by molar-refractivity contribution is 5.94. The van der Waals surface area contributed by atoms with Gasteiger partial charge in [0.05, 0.1) is 12.1 Å². The second-order valence-corrected chi connectivity index (χ2v) is 4.24.